The molecule has 4 nitrogen and oxygen atoms in total. The van der Waals surface area contributed by atoms with Crippen molar-refractivity contribution in [3.63, 3.8) is 0 Å². The number of nitrogens with zero attached hydrogens (tertiary/aromatic N) is 2. The SMILES string of the molecule is Cc1c(Cc2ccc(Cl)cc2)nc(SCCN2CCCCC2)[nH]c1=O. The third-order valence-electron chi connectivity index (χ3n) is 4.61. The highest BCUT2D eigenvalue weighted by Gasteiger charge is 2.12. The number of H-pyrrole nitrogens is 1. The van der Waals surface area contributed by atoms with Crippen LogP contribution < -0.4 is 5.56 Å². The first-order valence-electron chi connectivity index (χ1n) is 8.81. The fourth-order valence-electron chi connectivity index (χ4n) is 3.05. The minimum Gasteiger partial charge on any atom is -0.303 e. The molecule has 134 valence electrons. The number of halogens is 1. The van der Waals surface area contributed by atoms with Crippen molar-refractivity contribution in [2.45, 2.75) is 37.8 Å². The molecule has 1 saturated heterocycles. The number of hydrogen-bond donors (Lipinski definition) is 1. The van der Waals surface area contributed by atoms with E-state index in [0.29, 0.717) is 17.0 Å². The van der Waals surface area contributed by atoms with Gasteiger partial charge in [0.25, 0.3) is 5.56 Å². The molecule has 0 bridgehead atoms. The third kappa shape index (κ3) is 5.33. The number of piperidine rings is 1. The van der Waals surface area contributed by atoms with Gasteiger partial charge in [-0.1, -0.05) is 41.9 Å². The maximum atomic E-state index is 12.2. The Balaban J connectivity index is 1.65. The quantitative estimate of drug-likeness (QED) is 0.612. The Bertz CT molecular complexity index is 754. The molecule has 0 aliphatic carbocycles. The largest absolute Gasteiger partial charge is 0.303 e. The first-order valence-corrected chi connectivity index (χ1v) is 10.2. The van der Waals surface area contributed by atoms with Crippen LogP contribution >= 0.6 is 23.4 Å². The number of benzene rings is 1. The third-order valence-corrected chi connectivity index (χ3v) is 5.72. The minimum absolute atomic E-state index is 0.0422. The average Bonchev–Trinajstić information content (AvgIpc) is 2.62. The van der Waals surface area contributed by atoms with Crippen LogP contribution in [0.1, 0.15) is 36.1 Å². The van der Waals surface area contributed by atoms with Crippen LogP contribution in [0.4, 0.5) is 0 Å². The van der Waals surface area contributed by atoms with Crippen molar-refractivity contribution >= 4 is 23.4 Å². The van der Waals surface area contributed by atoms with E-state index in [2.05, 4.69) is 14.9 Å². The van der Waals surface area contributed by atoms with Gasteiger partial charge in [-0.3, -0.25) is 4.79 Å². The number of thioether (sulfide) groups is 1. The van der Waals surface area contributed by atoms with E-state index in [1.165, 1.54) is 32.4 Å². The molecule has 2 aromatic rings. The van der Waals surface area contributed by atoms with Crippen LogP contribution in [-0.4, -0.2) is 40.3 Å². The molecule has 1 fully saturated rings. The van der Waals surface area contributed by atoms with E-state index in [4.69, 9.17) is 11.6 Å². The lowest BCUT2D eigenvalue weighted by molar-refractivity contribution is 0.242. The molecule has 1 aromatic carbocycles. The van der Waals surface area contributed by atoms with Gasteiger partial charge in [0.15, 0.2) is 5.16 Å². The standard InChI is InChI=1S/C19H24ClN3OS/c1-14-17(13-15-5-7-16(20)8-6-15)21-19(22-18(14)24)25-12-11-23-9-3-2-4-10-23/h5-8H,2-4,9-13H2,1H3,(H,21,22,24). The summed E-state index contributed by atoms with van der Waals surface area (Å²) in [5.74, 6) is 0.951. The van der Waals surface area contributed by atoms with Crippen molar-refractivity contribution in [2.24, 2.45) is 0 Å². The second-order valence-electron chi connectivity index (χ2n) is 6.50. The summed E-state index contributed by atoms with van der Waals surface area (Å²) in [6.07, 6.45) is 4.60. The number of aromatic nitrogens is 2. The zero-order valence-electron chi connectivity index (χ0n) is 14.6. The van der Waals surface area contributed by atoms with E-state index in [1.807, 2.05) is 31.2 Å². The molecule has 0 unspecified atom stereocenters. The highest BCUT2D eigenvalue weighted by atomic mass is 35.5. The molecular weight excluding hydrogens is 354 g/mol. The molecule has 1 aromatic heterocycles. The summed E-state index contributed by atoms with van der Waals surface area (Å²) in [6, 6.07) is 7.70. The van der Waals surface area contributed by atoms with Crippen LogP contribution in [0.3, 0.4) is 0 Å². The molecule has 2 heterocycles. The van der Waals surface area contributed by atoms with Gasteiger partial charge in [-0.25, -0.2) is 4.98 Å². The molecule has 0 radical (unpaired) electrons. The van der Waals surface area contributed by atoms with Crippen molar-refractivity contribution in [1.29, 1.82) is 0 Å². The number of nitrogens with one attached hydrogen (secondary N) is 1. The molecule has 0 saturated carbocycles. The molecule has 1 aliphatic heterocycles. The summed E-state index contributed by atoms with van der Waals surface area (Å²) in [5.41, 5.74) is 2.59. The highest BCUT2D eigenvalue weighted by Crippen LogP contribution is 2.17. The van der Waals surface area contributed by atoms with Gasteiger partial charge in [0.1, 0.15) is 0 Å². The van der Waals surface area contributed by atoms with Gasteiger partial charge in [-0.2, -0.15) is 0 Å². The Labute approximate surface area is 158 Å². The lowest BCUT2D eigenvalue weighted by atomic mass is 10.1. The van der Waals surface area contributed by atoms with Crippen LogP contribution in [0.25, 0.3) is 0 Å². The zero-order valence-corrected chi connectivity index (χ0v) is 16.1. The van der Waals surface area contributed by atoms with Crippen LogP contribution in [0.5, 0.6) is 0 Å². The van der Waals surface area contributed by atoms with Gasteiger partial charge in [-0.15, -0.1) is 0 Å². The number of hydrogen-bond acceptors (Lipinski definition) is 4. The fourth-order valence-corrected chi connectivity index (χ4v) is 4.06. The summed E-state index contributed by atoms with van der Waals surface area (Å²) in [5, 5.41) is 1.44. The van der Waals surface area contributed by atoms with E-state index in [-0.39, 0.29) is 5.56 Å². The van der Waals surface area contributed by atoms with E-state index >= 15 is 0 Å². The van der Waals surface area contributed by atoms with E-state index < -0.39 is 0 Å². The Hall–Kier alpha value is -1.30. The van der Waals surface area contributed by atoms with Crippen molar-refractivity contribution in [2.75, 3.05) is 25.4 Å². The molecule has 0 amide bonds. The van der Waals surface area contributed by atoms with Crippen molar-refractivity contribution in [3.8, 4) is 0 Å². The van der Waals surface area contributed by atoms with E-state index in [1.54, 1.807) is 11.8 Å². The molecule has 0 spiro atoms. The maximum absolute atomic E-state index is 12.2. The van der Waals surface area contributed by atoms with Gasteiger partial charge in [0.2, 0.25) is 0 Å². The van der Waals surface area contributed by atoms with Crippen LogP contribution in [0.2, 0.25) is 5.02 Å². The summed E-state index contributed by atoms with van der Waals surface area (Å²) in [7, 11) is 0. The van der Waals surface area contributed by atoms with E-state index in [0.717, 1.165) is 28.7 Å². The number of likely N-dealkylation sites (tertiary alicyclic amines) is 1. The average molecular weight is 378 g/mol. The van der Waals surface area contributed by atoms with Crippen molar-refractivity contribution < 1.29 is 0 Å². The molecule has 0 atom stereocenters. The fraction of sp³-hybridized carbons (Fsp3) is 0.474. The Kier molecular flexibility index (Phi) is 6.57. The second-order valence-corrected chi connectivity index (χ2v) is 8.02. The summed E-state index contributed by atoms with van der Waals surface area (Å²) >= 11 is 7.57. The van der Waals surface area contributed by atoms with Gasteiger partial charge in [0.05, 0.1) is 5.69 Å². The molecule has 25 heavy (non-hydrogen) atoms. The topological polar surface area (TPSA) is 49.0 Å². The zero-order chi connectivity index (χ0) is 17.6. The Morgan fingerprint density at radius 1 is 1.20 bits per heavy atom. The molecule has 1 N–H and O–H groups in total. The summed E-state index contributed by atoms with van der Waals surface area (Å²) < 4.78 is 0. The predicted octanol–water partition coefficient (Wildman–Crippen LogP) is 3.90. The number of aromatic amines is 1. The lowest BCUT2D eigenvalue weighted by Crippen LogP contribution is -2.31. The molecular formula is C19H24ClN3OS. The van der Waals surface area contributed by atoms with E-state index in [9.17, 15) is 4.79 Å². The first-order chi connectivity index (χ1) is 12.1. The van der Waals surface area contributed by atoms with Gasteiger partial charge >= 0.3 is 0 Å². The molecule has 6 heteroatoms. The number of rotatable bonds is 6. The normalized spacial score (nSPS) is 15.4. The minimum atomic E-state index is -0.0422. The van der Waals surface area contributed by atoms with Crippen molar-refractivity contribution in [3.05, 3.63) is 56.5 Å². The summed E-state index contributed by atoms with van der Waals surface area (Å²) in [4.78, 5) is 22.3. The second kappa shape index (κ2) is 8.88. The maximum Gasteiger partial charge on any atom is 0.254 e. The lowest BCUT2D eigenvalue weighted by Gasteiger charge is -2.25. The van der Waals surface area contributed by atoms with Crippen LogP contribution in [0, 0.1) is 6.92 Å². The van der Waals surface area contributed by atoms with Crippen LogP contribution in [0.15, 0.2) is 34.2 Å². The van der Waals surface area contributed by atoms with Gasteiger partial charge in [0, 0.05) is 29.3 Å². The monoisotopic (exact) mass is 377 g/mol. The molecule has 3 rings (SSSR count). The first kappa shape index (κ1) is 18.5. The Morgan fingerprint density at radius 3 is 2.64 bits per heavy atom. The highest BCUT2D eigenvalue weighted by molar-refractivity contribution is 7.99. The van der Waals surface area contributed by atoms with Gasteiger partial charge < -0.3 is 9.88 Å². The smallest absolute Gasteiger partial charge is 0.254 e. The van der Waals surface area contributed by atoms with Crippen molar-refractivity contribution in [1.82, 2.24) is 14.9 Å². The van der Waals surface area contributed by atoms with Gasteiger partial charge in [-0.05, 0) is 50.6 Å². The molecule has 1 aliphatic rings. The predicted molar refractivity (Wildman–Crippen MR) is 105 cm³/mol. The summed E-state index contributed by atoms with van der Waals surface area (Å²) in [6.45, 7) is 5.27. The Morgan fingerprint density at radius 2 is 1.92 bits per heavy atom. The van der Waals surface area contributed by atoms with Crippen LogP contribution in [-0.2, 0) is 6.42 Å².